The van der Waals surface area contributed by atoms with Crippen LogP contribution in [0.15, 0.2) is 29.2 Å². The van der Waals surface area contributed by atoms with Crippen LogP contribution in [0.5, 0.6) is 0 Å². The summed E-state index contributed by atoms with van der Waals surface area (Å²) < 4.78 is 64.5. The summed E-state index contributed by atoms with van der Waals surface area (Å²) in [6.07, 6.45) is -4.90. The average Bonchev–Trinajstić information content (AvgIpc) is 2.44. The number of nitrogens with zero attached hydrogens (tertiary/aromatic N) is 3. The van der Waals surface area contributed by atoms with Crippen molar-refractivity contribution < 1.29 is 26.4 Å². The molecule has 0 aliphatic heterocycles. The van der Waals surface area contributed by atoms with Crippen LogP contribution in [0.2, 0.25) is 0 Å². The fraction of sp³-hybridized carbons (Fsp3) is 0.231. The Morgan fingerprint density at radius 3 is 2.16 bits per heavy atom. The van der Waals surface area contributed by atoms with Crippen molar-refractivity contribution in [1.29, 1.82) is 0 Å². The first kappa shape index (κ1) is 18.6. The van der Waals surface area contributed by atoms with Gasteiger partial charge in [-0.1, -0.05) is 12.1 Å². The summed E-state index contributed by atoms with van der Waals surface area (Å²) in [6, 6.07) is 2.20. The van der Waals surface area contributed by atoms with E-state index in [1.807, 2.05) is 5.32 Å². The van der Waals surface area contributed by atoms with Crippen LogP contribution in [0, 0.1) is 13.8 Å². The number of aromatic nitrogens is 3. The maximum Gasteiger partial charge on any atom is 0.417 e. The molecule has 25 heavy (non-hydrogen) atoms. The van der Waals surface area contributed by atoms with E-state index in [0.29, 0.717) is 6.07 Å². The van der Waals surface area contributed by atoms with E-state index in [4.69, 9.17) is 0 Å². The number of benzene rings is 1. The monoisotopic (exact) mass is 375 g/mol. The van der Waals surface area contributed by atoms with Crippen LogP contribution in [0.3, 0.4) is 0 Å². The molecule has 1 aromatic carbocycles. The molecule has 2 rings (SSSR count). The largest absolute Gasteiger partial charge is 0.417 e. The second kappa shape index (κ2) is 6.63. The SMILES string of the molecule is Cc1nc(C)nc(NC(=O)NS(=O)(=O)c2ccccc2C(F)(F)F)n1. The second-order valence-electron chi connectivity index (χ2n) is 4.81. The molecular weight excluding hydrogens is 363 g/mol. The number of hydrogen-bond donors (Lipinski definition) is 2. The Hall–Kier alpha value is -2.76. The molecule has 0 unspecified atom stereocenters. The number of carbonyl (C=O) groups is 1. The number of halogens is 3. The molecule has 0 atom stereocenters. The molecule has 1 heterocycles. The van der Waals surface area contributed by atoms with Gasteiger partial charge in [0.2, 0.25) is 5.95 Å². The topological polar surface area (TPSA) is 114 Å². The molecule has 2 N–H and O–H groups in total. The molecule has 2 aromatic rings. The van der Waals surface area contributed by atoms with Gasteiger partial charge in [-0.2, -0.15) is 23.1 Å². The Bertz CT molecular complexity index is 895. The fourth-order valence-electron chi connectivity index (χ4n) is 1.91. The van der Waals surface area contributed by atoms with Crippen LogP contribution in [-0.4, -0.2) is 29.4 Å². The third kappa shape index (κ3) is 4.62. The number of alkyl halides is 3. The van der Waals surface area contributed by atoms with E-state index in [-0.39, 0.29) is 17.6 Å². The van der Waals surface area contributed by atoms with Gasteiger partial charge < -0.3 is 0 Å². The molecule has 0 aliphatic rings. The average molecular weight is 375 g/mol. The van der Waals surface area contributed by atoms with Gasteiger partial charge in [-0.05, 0) is 26.0 Å². The van der Waals surface area contributed by atoms with Gasteiger partial charge in [-0.15, -0.1) is 0 Å². The first-order valence-electron chi connectivity index (χ1n) is 6.68. The lowest BCUT2D eigenvalue weighted by molar-refractivity contribution is -0.139. The van der Waals surface area contributed by atoms with E-state index in [0.717, 1.165) is 18.2 Å². The number of aryl methyl sites for hydroxylation is 2. The van der Waals surface area contributed by atoms with Gasteiger partial charge in [-0.25, -0.2) is 22.9 Å². The minimum absolute atomic E-state index is 0.234. The van der Waals surface area contributed by atoms with Crippen molar-refractivity contribution in [2.75, 3.05) is 5.32 Å². The highest BCUT2D eigenvalue weighted by Crippen LogP contribution is 2.33. The van der Waals surface area contributed by atoms with Gasteiger partial charge in [-0.3, -0.25) is 5.32 Å². The van der Waals surface area contributed by atoms with E-state index in [1.54, 1.807) is 0 Å². The predicted molar refractivity (Wildman–Crippen MR) is 80.1 cm³/mol. The standard InChI is InChI=1S/C13H12F3N5O3S/c1-7-17-8(2)19-11(18-7)20-12(22)21-25(23,24)10-6-4-3-5-9(10)13(14,15)16/h3-6H,1-2H3,(H2,17,18,19,20,21,22). The quantitative estimate of drug-likeness (QED) is 0.848. The van der Waals surface area contributed by atoms with Crippen molar-refractivity contribution in [3.05, 3.63) is 41.5 Å². The third-order valence-corrected chi connectivity index (χ3v) is 4.18. The van der Waals surface area contributed by atoms with Gasteiger partial charge in [0.05, 0.1) is 10.5 Å². The maximum atomic E-state index is 12.9. The number of carbonyl (C=O) groups excluding carboxylic acids is 1. The molecule has 2 amide bonds. The smallest absolute Gasteiger partial charge is 0.275 e. The summed E-state index contributed by atoms with van der Waals surface area (Å²) >= 11 is 0. The molecule has 0 saturated heterocycles. The molecule has 0 saturated carbocycles. The van der Waals surface area contributed by atoms with Crippen LogP contribution in [0.25, 0.3) is 0 Å². The Kier molecular flexibility index (Phi) is 4.92. The number of rotatable bonds is 3. The molecule has 8 nitrogen and oxygen atoms in total. The minimum Gasteiger partial charge on any atom is -0.275 e. The number of anilines is 1. The Morgan fingerprint density at radius 2 is 1.60 bits per heavy atom. The second-order valence-corrected chi connectivity index (χ2v) is 6.46. The zero-order chi connectivity index (χ0) is 18.8. The van der Waals surface area contributed by atoms with Crippen molar-refractivity contribution in [3.63, 3.8) is 0 Å². The number of urea groups is 1. The van der Waals surface area contributed by atoms with Crippen LogP contribution < -0.4 is 10.0 Å². The summed E-state index contributed by atoms with van der Waals surface area (Å²) in [5.74, 6) is 0.308. The highest BCUT2D eigenvalue weighted by molar-refractivity contribution is 7.90. The molecule has 0 aliphatic carbocycles. The summed E-state index contributed by atoms with van der Waals surface area (Å²) in [5, 5.41) is 2.03. The van der Waals surface area contributed by atoms with E-state index in [9.17, 15) is 26.4 Å². The zero-order valence-electron chi connectivity index (χ0n) is 12.9. The molecule has 1 aromatic heterocycles. The fourth-order valence-corrected chi connectivity index (χ4v) is 3.05. The molecular formula is C13H12F3N5O3S. The number of nitrogens with one attached hydrogen (secondary N) is 2. The van der Waals surface area contributed by atoms with Crippen molar-refractivity contribution in [1.82, 2.24) is 19.7 Å². The molecule has 0 fully saturated rings. The normalized spacial score (nSPS) is 11.9. The highest BCUT2D eigenvalue weighted by atomic mass is 32.2. The van der Waals surface area contributed by atoms with Crippen molar-refractivity contribution in [2.45, 2.75) is 24.9 Å². The van der Waals surface area contributed by atoms with Crippen LogP contribution in [-0.2, 0) is 16.2 Å². The molecule has 134 valence electrons. The molecule has 0 radical (unpaired) electrons. The van der Waals surface area contributed by atoms with Crippen molar-refractivity contribution in [3.8, 4) is 0 Å². The van der Waals surface area contributed by atoms with Gasteiger partial charge in [0, 0.05) is 0 Å². The van der Waals surface area contributed by atoms with Crippen LogP contribution >= 0.6 is 0 Å². The summed E-state index contributed by atoms with van der Waals surface area (Å²) in [5.41, 5.74) is -1.39. The summed E-state index contributed by atoms with van der Waals surface area (Å²) in [4.78, 5) is 22.1. The number of sulfonamides is 1. The molecule has 12 heteroatoms. The summed E-state index contributed by atoms with van der Waals surface area (Å²) in [6.45, 7) is 3.04. The Labute approximate surface area is 140 Å². The number of amides is 2. The lowest BCUT2D eigenvalue weighted by atomic mass is 10.2. The lowest BCUT2D eigenvalue weighted by Crippen LogP contribution is -2.36. The van der Waals surface area contributed by atoms with E-state index in [2.05, 4.69) is 15.0 Å². The van der Waals surface area contributed by atoms with Crippen molar-refractivity contribution in [2.24, 2.45) is 0 Å². The predicted octanol–water partition coefficient (Wildman–Crippen LogP) is 2.02. The van der Waals surface area contributed by atoms with Gasteiger partial charge in [0.15, 0.2) is 0 Å². The van der Waals surface area contributed by atoms with Crippen LogP contribution in [0.4, 0.5) is 23.9 Å². The maximum absolute atomic E-state index is 12.9. The first-order chi connectivity index (χ1) is 11.5. The van der Waals surface area contributed by atoms with Gasteiger partial charge in [0.1, 0.15) is 11.6 Å². The minimum atomic E-state index is -4.90. The van der Waals surface area contributed by atoms with E-state index < -0.39 is 32.7 Å². The Morgan fingerprint density at radius 1 is 1.04 bits per heavy atom. The lowest BCUT2D eigenvalue weighted by Gasteiger charge is -2.13. The van der Waals surface area contributed by atoms with Gasteiger partial charge >= 0.3 is 12.2 Å². The van der Waals surface area contributed by atoms with E-state index in [1.165, 1.54) is 18.6 Å². The van der Waals surface area contributed by atoms with Crippen molar-refractivity contribution >= 4 is 22.0 Å². The molecule has 0 spiro atoms. The van der Waals surface area contributed by atoms with E-state index >= 15 is 0 Å². The van der Waals surface area contributed by atoms with Gasteiger partial charge in [0.25, 0.3) is 10.0 Å². The Balaban J connectivity index is 2.26. The van der Waals surface area contributed by atoms with Crippen LogP contribution in [0.1, 0.15) is 17.2 Å². The number of hydrogen-bond acceptors (Lipinski definition) is 6. The third-order valence-electron chi connectivity index (χ3n) is 2.79. The highest BCUT2D eigenvalue weighted by Gasteiger charge is 2.37. The molecule has 0 bridgehead atoms. The first-order valence-corrected chi connectivity index (χ1v) is 8.16. The zero-order valence-corrected chi connectivity index (χ0v) is 13.7. The summed E-state index contributed by atoms with van der Waals surface area (Å²) in [7, 11) is -4.77.